The lowest BCUT2D eigenvalue weighted by Gasteiger charge is -2.17. The smallest absolute Gasteiger partial charge is 0.387 e. The van der Waals surface area contributed by atoms with E-state index in [0.29, 0.717) is 5.56 Å². The SMILES string of the molecule is Nc1ncnc2c1ncn2[C@@H]1O[C@H](COP(=O)(O)OC(=O)Cc2ccccc2)[C@@H](O)[C@H]1O. The number of anilines is 1. The van der Waals surface area contributed by atoms with Gasteiger partial charge in [0.15, 0.2) is 17.7 Å². The van der Waals surface area contributed by atoms with E-state index in [-0.39, 0.29) is 23.4 Å². The summed E-state index contributed by atoms with van der Waals surface area (Å²) in [5, 5.41) is 20.7. The number of phosphoric acid groups is 1. The van der Waals surface area contributed by atoms with E-state index in [0.717, 1.165) is 0 Å². The summed E-state index contributed by atoms with van der Waals surface area (Å²) in [6.07, 6.45) is -2.96. The van der Waals surface area contributed by atoms with Gasteiger partial charge in [0, 0.05) is 0 Å². The average molecular weight is 465 g/mol. The molecule has 0 radical (unpaired) electrons. The summed E-state index contributed by atoms with van der Waals surface area (Å²) in [5.41, 5.74) is 6.88. The molecule has 4 rings (SSSR count). The third kappa shape index (κ3) is 4.63. The lowest BCUT2D eigenvalue weighted by molar-refractivity contribution is -0.135. The Morgan fingerprint density at radius 3 is 2.69 bits per heavy atom. The highest BCUT2D eigenvalue weighted by molar-refractivity contribution is 7.48. The Balaban J connectivity index is 1.38. The quantitative estimate of drug-likeness (QED) is 0.340. The molecule has 32 heavy (non-hydrogen) atoms. The van der Waals surface area contributed by atoms with E-state index < -0.39 is 44.9 Å². The zero-order valence-corrected chi connectivity index (χ0v) is 17.4. The molecule has 13 nitrogen and oxygen atoms in total. The van der Waals surface area contributed by atoms with Gasteiger partial charge in [-0.2, -0.15) is 0 Å². The number of hydrogen-bond donors (Lipinski definition) is 4. The van der Waals surface area contributed by atoms with E-state index in [1.807, 2.05) is 0 Å². The molecule has 2 aromatic heterocycles. The molecule has 1 fully saturated rings. The number of carbonyl (C=O) groups excluding carboxylic acids is 1. The molecule has 0 amide bonds. The predicted octanol–water partition coefficient (Wildman–Crippen LogP) is -0.0694. The fraction of sp³-hybridized carbons (Fsp3) is 0.333. The van der Waals surface area contributed by atoms with Crippen molar-refractivity contribution >= 4 is 30.8 Å². The number of imidazole rings is 1. The predicted molar refractivity (Wildman–Crippen MR) is 108 cm³/mol. The van der Waals surface area contributed by atoms with Crippen molar-refractivity contribution in [2.45, 2.75) is 31.0 Å². The summed E-state index contributed by atoms with van der Waals surface area (Å²) in [7, 11) is -4.79. The van der Waals surface area contributed by atoms with Crippen LogP contribution in [0.4, 0.5) is 5.82 Å². The van der Waals surface area contributed by atoms with Crippen molar-refractivity contribution in [2.75, 3.05) is 12.3 Å². The molecule has 3 aromatic rings. The molecule has 0 spiro atoms. The minimum absolute atomic E-state index is 0.125. The maximum atomic E-state index is 12.1. The van der Waals surface area contributed by atoms with Crippen LogP contribution in [-0.4, -0.2) is 65.5 Å². The molecule has 5 atom stereocenters. The fourth-order valence-corrected chi connectivity index (χ4v) is 3.98. The highest BCUT2D eigenvalue weighted by Crippen LogP contribution is 2.45. The van der Waals surface area contributed by atoms with Crippen molar-refractivity contribution in [2.24, 2.45) is 0 Å². The molecule has 0 bridgehead atoms. The molecular formula is C18H20N5O8P. The van der Waals surface area contributed by atoms with Crippen LogP contribution in [0.15, 0.2) is 43.0 Å². The largest absolute Gasteiger partial charge is 0.529 e. The Morgan fingerprint density at radius 1 is 1.19 bits per heavy atom. The number of benzene rings is 1. The van der Waals surface area contributed by atoms with E-state index in [9.17, 15) is 24.5 Å². The molecule has 1 aliphatic heterocycles. The number of rotatable bonds is 7. The van der Waals surface area contributed by atoms with E-state index in [1.54, 1.807) is 30.3 Å². The van der Waals surface area contributed by atoms with Crippen LogP contribution < -0.4 is 5.73 Å². The van der Waals surface area contributed by atoms with Crippen LogP contribution >= 0.6 is 7.82 Å². The van der Waals surface area contributed by atoms with Gasteiger partial charge in [-0.25, -0.2) is 19.5 Å². The van der Waals surface area contributed by atoms with Gasteiger partial charge in [-0.3, -0.25) is 18.8 Å². The van der Waals surface area contributed by atoms with Crippen LogP contribution in [0.5, 0.6) is 0 Å². The number of ether oxygens (including phenoxy) is 1. The van der Waals surface area contributed by atoms with Crippen molar-refractivity contribution in [1.29, 1.82) is 0 Å². The van der Waals surface area contributed by atoms with E-state index in [1.165, 1.54) is 17.2 Å². The van der Waals surface area contributed by atoms with Crippen LogP contribution in [0.3, 0.4) is 0 Å². The number of phosphoric ester groups is 1. The first-order valence-electron chi connectivity index (χ1n) is 9.43. The molecule has 0 aliphatic carbocycles. The van der Waals surface area contributed by atoms with Crippen molar-refractivity contribution < 1.29 is 38.3 Å². The Bertz CT molecular complexity index is 1160. The first-order chi connectivity index (χ1) is 15.2. The summed E-state index contributed by atoms with van der Waals surface area (Å²) in [5.74, 6) is -0.838. The number of carbonyl (C=O) groups is 1. The van der Waals surface area contributed by atoms with Gasteiger partial charge in [-0.1, -0.05) is 30.3 Å². The van der Waals surface area contributed by atoms with Crippen LogP contribution in [0, 0.1) is 0 Å². The standard InChI is InChI=1S/C18H20N5O8P/c19-16-13-17(21-8-20-16)23(9-22-13)18-15(26)14(25)11(30-18)7-29-32(27,28)31-12(24)6-10-4-2-1-3-5-10/h1-5,8-9,11,14-15,18,25-26H,6-7H2,(H,27,28)(H2,19,20,21)/t11-,14-,15-,18-/m1/s1. The molecular weight excluding hydrogens is 445 g/mol. The second kappa shape index (κ2) is 8.90. The molecule has 5 N–H and O–H groups in total. The Morgan fingerprint density at radius 2 is 1.94 bits per heavy atom. The van der Waals surface area contributed by atoms with Gasteiger partial charge in [-0.15, -0.1) is 0 Å². The van der Waals surface area contributed by atoms with Gasteiger partial charge in [0.05, 0.1) is 19.4 Å². The van der Waals surface area contributed by atoms with Crippen LogP contribution in [0.25, 0.3) is 11.2 Å². The Hall–Kier alpha value is -2.93. The number of nitrogen functional groups attached to an aromatic ring is 1. The number of aliphatic hydroxyl groups is 2. The summed E-state index contributed by atoms with van der Waals surface area (Å²) in [6, 6.07) is 8.50. The van der Waals surface area contributed by atoms with Crippen LogP contribution in [0.1, 0.15) is 11.8 Å². The summed E-state index contributed by atoms with van der Waals surface area (Å²) < 4.78 is 28.4. The Labute approximate surface area is 181 Å². The number of nitrogens with zero attached hydrogens (tertiary/aromatic N) is 4. The number of fused-ring (bicyclic) bond motifs is 1. The van der Waals surface area contributed by atoms with Gasteiger partial charge in [-0.05, 0) is 5.56 Å². The molecule has 1 aromatic carbocycles. The van der Waals surface area contributed by atoms with Gasteiger partial charge in [0.2, 0.25) is 0 Å². The molecule has 1 aliphatic rings. The number of aromatic nitrogens is 4. The number of hydrogen-bond acceptors (Lipinski definition) is 11. The lowest BCUT2D eigenvalue weighted by atomic mass is 10.1. The normalized spacial score (nSPS) is 25.0. The average Bonchev–Trinajstić information content (AvgIpc) is 3.29. The van der Waals surface area contributed by atoms with Gasteiger partial charge in [0.1, 0.15) is 30.2 Å². The van der Waals surface area contributed by atoms with Gasteiger partial charge < -0.3 is 25.2 Å². The van der Waals surface area contributed by atoms with Crippen LogP contribution in [-0.2, 0) is 29.6 Å². The summed E-state index contributed by atoms with van der Waals surface area (Å²) in [4.78, 5) is 33.7. The lowest BCUT2D eigenvalue weighted by Crippen LogP contribution is -2.33. The van der Waals surface area contributed by atoms with Crippen molar-refractivity contribution in [1.82, 2.24) is 19.5 Å². The topological polar surface area (TPSA) is 192 Å². The van der Waals surface area contributed by atoms with E-state index in [4.69, 9.17) is 15.0 Å². The maximum Gasteiger partial charge on any atom is 0.529 e. The third-order valence-electron chi connectivity index (χ3n) is 4.81. The van der Waals surface area contributed by atoms with E-state index >= 15 is 0 Å². The van der Waals surface area contributed by atoms with Crippen molar-refractivity contribution in [3.63, 3.8) is 0 Å². The summed E-state index contributed by atoms with van der Waals surface area (Å²) in [6.45, 7) is -0.634. The first-order valence-corrected chi connectivity index (χ1v) is 10.9. The molecule has 170 valence electrons. The zero-order chi connectivity index (χ0) is 22.9. The minimum atomic E-state index is -4.79. The first kappa shape index (κ1) is 22.3. The highest BCUT2D eigenvalue weighted by Gasteiger charge is 2.45. The van der Waals surface area contributed by atoms with E-state index in [2.05, 4.69) is 19.5 Å². The highest BCUT2D eigenvalue weighted by atomic mass is 31.2. The third-order valence-corrected chi connectivity index (χ3v) is 5.72. The number of aliphatic hydroxyl groups excluding tert-OH is 2. The fourth-order valence-electron chi connectivity index (χ4n) is 3.27. The van der Waals surface area contributed by atoms with Gasteiger partial charge >= 0.3 is 13.8 Å². The van der Waals surface area contributed by atoms with Crippen molar-refractivity contribution in [3.05, 3.63) is 48.5 Å². The molecule has 1 unspecified atom stereocenters. The Kier molecular flexibility index (Phi) is 6.20. The monoisotopic (exact) mass is 465 g/mol. The second-order valence-corrected chi connectivity index (χ2v) is 8.40. The molecule has 1 saturated heterocycles. The molecule has 14 heteroatoms. The molecule has 0 saturated carbocycles. The zero-order valence-electron chi connectivity index (χ0n) is 16.5. The maximum absolute atomic E-state index is 12.1. The summed E-state index contributed by atoms with van der Waals surface area (Å²) >= 11 is 0. The van der Waals surface area contributed by atoms with Gasteiger partial charge in [0.25, 0.3) is 0 Å². The molecule has 3 heterocycles. The number of nitrogens with two attached hydrogens (primary N) is 1. The van der Waals surface area contributed by atoms with Crippen LogP contribution in [0.2, 0.25) is 0 Å². The minimum Gasteiger partial charge on any atom is -0.387 e. The second-order valence-electron chi connectivity index (χ2n) is 7.02. The van der Waals surface area contributed by atoms with Crippen molar-refractivity contribution in [3.8, 4) is 0 Å².